The molecule has 0 spiro atoms. The predicted molar refractivity (Wildman–Crippen MR) is 42.5 cm³/mol. The summed E-state index contributed by atoms with van der Waals surface area (Å²) in [6.45, 7) is 3.34. The maximum absolute atomic E-state index is 10.3. The molecule has 1 radical (unpaired) electrons. The fourth-order valence-corrected chi connectivity index (χ4v) is 0.889. The number of aliphatic hydroxyl groups is 1. The lowest BCUT2D eigenvalue weighted by Gasteiger charge is -1.98. The van der Waals surface area contributed by atoms with Gasteiger partial charge in [-0.3, -0.25) is 4.79 Å². The Morgan fingerprint density at radius 2 is 2.50 bits per heavy atom. The van der Waals surface area contributed by atoms with E-state index in [0.29, 0.717) is 0 Å². The van der Waals surface area contributed by atoms with E-state index in [4.69, 9.17) is 5.11 Å². The first kappa shape index (κ1) is 9.78. The molecule has 0 aromatic carbocycles. The topological polar surface area (TPSA) is 49.3 Å². The van der Waals surface area contributed by atoms with Crippen LogP contribution in [0.4, 0.5) is 0 Å². The smallest absolute Gasteiger partial charge is 0.217 e. The van der Waals surface area contributed by atoms with Crippen molar-refractivity contribution in [3.05, 3.63) is 6.54 Å². The fourth-order valence-electron chi connectivity index (χ4n) is 0.392. The maximum Gasteiger partial charge on any atom is 0.217 e. The summed E-state index contributed by atoms with van der Waals surface area (Å²) in [5, 5.41) is 10.9. The first-order valence-corrected chi connectivity index (χ1v) is 4.20. The number of hydrogen-bond acceptors (Lipinski definition) is 3. The molecule has 59 valence electrons. The number of hydrogen-bond donors (Lipinski definition) is 2. The van der Waals surface area contributed by atoms with Crippen LogP contribution in [0.25, 0.3) is 0 Å². The Kier molecular flexibility index (Phi) is 6.74. The lowest BCUT2D eigenvalue weighted by atomic mass is 10.6. The summed E-state index contributed by atoms with van der Waals surface area (Å²) in [6.07, 6.45) is 0. The molecule has 0 fully saturated rings. The minimum atomic E-state index is -0.0513. The van der Waals surface area contributed by atoms with E-state index in [1.165, 1.54) is 6.92 Å². The van der Waals surface area contributed by atoms with E-state index >= 15 is 0 Å². The maximum atomic E-state index is 10.3. The second-order valence-corrected chi connectivity index (χ2v) is 2.85. The summed E-state index contributed by atoms with van der Waals surface area (Å²) in [4.78, 5) is 10.3. The molecule has 10 heavy (non-hydrogen) atoms. The van der Waals surface area contributed by atoms with Gasteiger partial charge in [-0.05, 0) is 0 Å². The zero-order valence-electron chi connectivity index (χ0n) is 5.96. The highest BCUT2D eigenvalue weighted by Crippen LogP contribution is 1.97. The van der Waals surface area contributed by atoms with E-state index in [2.05, 4.69) is 5.32 Å². The normalized spacial score (nSPS) is 9.40. The molecule has 0 unspecified atom stereocenters. The Morgan fingerprint density at radius 1 is 1.80 bits per heavy atom. The van der Waals surface area contributed by atoms with Gasteiger partial charge in [0, 0.05) is 18.4 Å². The third-order valence-corrected chi connectivity index (χ3v) is 1.62. The van der Waals surface area contributed by atoms with Crippen molar-refractivity contribution in [3.63, 3.8) is 0 Å². The van der Waals surface area contributed by atoms with Crippen molar-refractivity contribution in [2.45, 2.75) is 6.92 Å². The molecule has 0 heterocycles. The molecule has 2 N–H and O–H groups in total. The number of aliphatic hydroxyl groups excluding tert-OH is 1. The van der Waals surface area contributed by atoms with Gasteiger partial charge in [0.05, 0.1) is 13.2 Å². The van der Waals surface area contributed by atoms with Gasteiger partial charge < -0.3 is 10.4 Å². The molecule has 0 bridgehead atoms. The van der Waals surface area contributed by atoms with Crippen LogP contribution >= 0.6 is 11.8 Å². The Bertz CT molecular complexity index is 97.7. The summed E-state index contributed by atoms with van der Waals surface area (Å²) in [7, 11) is 0. The van der Waals surface area contributed by atoms with E-state index in [9.17, 15) is 4.79 Å². The number of rotatable bonds is 5. The lowest BCUT2D eigenvalue weighted by molar-refractivity contribution is -0.118. The largest absolute Gasteiger partial charge is 0.396 e. The van der Waals surface area contributed by atoms with Crippen molar-refractivity contribution >= 4 is 17.7 Å². The molecule has 0 saturated heterocycles. The summed E-state index contributed by atoms with van der Waals surface area (Å²) < 4.78 is 0. The van der Waals surface area contributed by atoms with Gasteiger partial charge in [-0.1, -0.05) is 0 Å². The average Bonchev–Trinajstić information content (AvgIpc) is 1.87. The number of amides is 1. The summed E-state index contributed by atoms with van der Waals surface area (Å²) >= 11 is 1.57. The van der Waals surface area contributed by atoms with Crippen LogP contribution in [0.1, 0.15) is 6.92 Å². The van der Waals surface area contributed by atoms with E-state index in [0.717, 1.165) is 11.5 Å². The number of carbonyl (C=O) groups is 1. The third kappa shape index (κ3) is 7.78. The van der Waals surface area contributed by atoms with Crippen LogP contribution < -0.4 is 5.32 Å². The van der Waals surface area contributed by atoms with Crippen LogP contribution in [0.15, 0.2) is 0 Å². The predicted octanol–water partition coefficient (Wildman–Crippen LogP) is 0.00979. The molecular weight excluding hydrogens is 150 g/mol. The van der Waals surface area contributed by atoms with Crippen LogP contribution in [-0.4, -0.2) is 29.1 Å². The number of thioether (sulfide) groups is 1. The first-order chi connectivity index (χ1) is 4.77. The van der Waals surface area contributed by atoms with Gasteiger partial charge in [0.1, 0.15) is 0 Å². The number of carbonyl (C=O) groups excluding carboxylic acids is 1. The van der Waals surface area contributed by atoms with Gasteiger partial charge in [0.2, 0.25) is 5.91 Å². The highest BCUT2D eigenvalue weighted by atomic mass is 32.2. The highest BCUT2D eigenvalue weighted by molar-refractivity contribution is 7.99. The SMILES string of the molecule is CC(=O)N[CH]CSCCO. The average molecular weight is 162 g/mol. The molecule has 0 aromatic rings. The molecule has 0 aliphatic rings. The third-order valence-electron chi connectivity index (χ3n) is 0.742. The zero-order chi connectivity index (χ0) is 7.82. The summed E-state index contributed by atoms with van der Waals surface area (Å²) in [6, 6.07) is 0. The van der Waals surface area contributed by atoms with Crippen LogP contribution in [0.2, 0.25) is 0 Å². The quantitative estimate of drug-likeness (QED) is 0.560. The molecule has 0 saturated carbocycles. The fraction of sp³-hybridized carbons (Fsp3) is 0.667. The summed E-state index contributed by atoms with van der Waals surface area (Å²) in [5.41, 5.74) is 0. The first-order valence-electron chi connectivity index (χ1n) is 3.04. The molecule has 0 aliphatic heterocycles. The molecule has 4 heteroatoms. The monoisotopic (exact) mass is 162 g/mol. The molecule has 0 rings (SSSR count). The van der Waals surface area contributed by atoms with Crippen LogP contribution in [0.5, 0.6) is 0 Å². The molecule has 0 aliphatic carbocycles. The van der Waals surface area contributed by atoms with E-state index < -0.39 is 0 Å². The minimum absolute atomic E-state index is 0.0513. The van der Waals surface area contributed by atoms with Crippen molar-refractivity contribution in [2.24, 2.45) is 0 Å². The molecule has 0 aromatic heterocycles. The Morgan fingerprint density at radius 3 is 3.00 bits per heavy atom. The lowest BCUT2D eigenvalue weighted by Crippen LogP contribution is -2.17. The second-order valence-electron chi connectivity index (χ2n) is 1.70. The number of nitrogens with one attached hydrogen (secondary N) is 1. The molecule has 3 nitrogen and oxygen atoms in total. The van der Waals surface area contributed by atoms with Crippen molar-refractivity contribution in [3.8, 4) is 0 Å². The van der Waals surface area contributed by atoms with Gasteiger partial charge in [0.15, 0.2) is 0 Å². The van der Waals surface area contributed by atoms with Crippen molar-refractivity contribution in [1.29, 1.82) is 0 Å². The van der Waals surface area contributed by atoms with Crippen LogP contribution in [0, 0.1) is 6.54 Å². The summed E-state index contributed by atoms with van der Waals surface area (Å²) in [5.74, 6) is 1.42. The minimum Gasteiger partial charge on any atom is -0.396 e. The Balaban J connectivity index is 2.84. The van der Waals surface area contributed by atoms with Crippen LogP contribution in [0.3, 0.4) is 0 Å². The standard InChI is InChI=1S/C6H12NO2S/c1-6(9)7-2-4-10-5-3-8/h2,8H,3-5H2,1H3,(H,7,9). The van der Waals surface area contributed by atoms with Gasteiger partial charge in [-0.2, -0.15) is 11.8 Å². The van der Waals surface area contributed by atoms with Crippen molar-refractivity contribution in [1.82, 2.24) is 5.32 Å². The van der Waals surface area contributed by atoms with Crippen molar-refractivity contribution < 1.29 is 9.90 Å². The second kappa shape index (κ2) is 6.89. The van der Waals surface area contributed by atoms with Crippen molar-refractivity contribution in [2.75, 3.05) is 18.1 Å². The van der Waals surface area contributed by atoms with Gasteiger partial charge in [0.25, 0.3) is 0 Å². The van der Waals surface area contributed by atoms with E-state index in [1.807, 2.05) is 0 Å². The Labute approximate surface area is 65.2 Å². The van der Waals surface area contributed by atoms with Gasteiger partial charge in [-0.25, -0.2) is 0 Å². The highest BCUT2D eigenvalue weighted by Gasteiger charge is 1.90. The Hall–Kier alpha value is -0.220. The molecule has 0 atom stereocenters. The van der Waals surface area contributed by atoms with E-state index in [-0.39, 0.29) is 12.5 Å². The van der Waals surface area contributed by atoms with Gasteiger partial charge in [-0.15, -0.1) is 0 Å². The van der Waals surface area contributed by atoms with Crippen LogP contribution in [-0.2, 0) is 4.79 Å². The van der Waals surface area contributed by atoms with E-state index in [1.54, 1.807) is 18.3 Å². The van der Waals surface area contributed by atoms with Gasteiger partial charge >= 0.3 is 0 Å². The molecule has 1 amide bonds. The zero-order valence-corrected chi connectivity index (χ0v) is 6.78. The molecular formula is C6H12NO2S.